The number of carbonyl (C=O) groups is 2. The van der Waals surface area contributed by atoms with Crippen molar-refractivity contribution in [2.24, 2.45) is 5.92 Å². The lowest BCUT2D eigenvalue weighted by Gasteiger charge is -2.22. The molecule has 0 bridgehead atoms. The highest BCUT2D eigenvalue weighted by Crippen LogP contribution is 2.35. The van der Waals surface area contributed by atoms with Crippen molar-refractivity contribution >= 4 is 22.7 Å². The predicted molar refractivity (Wildman–Crippen MR) is 122 cm³/mol. The molecule has 0 aliphatic carbocycles. The highest BCUT2D eigenvalue weighted by Gasteiger charge is 2.27. The zero-order valence-corrected chi connectivity index (χ0v) is 18.8. The number of hydrogen-bond donors (Lipinski definition) is 2. The quantitative estimate of drug-likeness (QED) is 0.571. The SMILES string of the molecule is CCn1cc(C(=O)N[C@@H](C(=O)NCc2ccccn2)C(C)C)c(=O)c2cc3c(cc21)OCO3. The maximum atomic E-state index is 13.2. The molecule has 33 heavy (non-hydrogen) atoms. The van der Waals surface area contributed by atoms with Crippen LogP contribution < -0.4 is 25.5 Å². The van der Waals surface area contributed by atoms with Crippen molar-refractivity contribution in [2.75, 3.05) is 6.79 Å². The zero-order valence-electron chi connectivity index (χ0n) is 18.8. The van der Waals surface area contributed by atoms with Crippen molar-refractivity contribution in [3.63, 3.8) is 0 Å². The van der Waals surface area contributed by atoms with Gasteiger partial charge in [0.1, 0.15) is 11.6 Å². The van der Waals surface area contributed by atoms with E-state index in [1.54, 1.807) is 35.0 Å². The summed E-state index contributed by atoms with van der Waals surface area (Å²) in [5, 5.41) is 5.90. The molecule has 0 unspecified atom stereocenters. The molecule has 3 heterocycles. The molecule has 1 aliphatic heterocycles. The molecule has 9 nitrogen and oxygen atoms in total. The van der Waals surface area contributed by atoms with Crippen LogP contribution in [0.25, 0.3) is 10.9 Å². The Morgan fingerprint density at radius 1 is 1.18 bits per heavy atom. The van der Waals surface area contributed by atoms with E-state index >= 15 is 0 Å². The molecule has 3 aromatic rings. The monoisotopic (exact) mass is 450 g/mol. The molecule has 1 aromatic carbocycles. The van der Waals surface area contributed by atoms with Gasteiger partial charge in [-0.25, -0.2) is 0 Å². The fraction of sp³-hybridized carbons (Fsp3) is 0.333. The van der Waals surface area contributed by atoms with Crippen molar-refractivity contribution in [3.8, 4) is 11.5 Å². The van der Waals surface area contributed by atoms with E-state index in [4.69, 9.17) is 9.47 Å². The van der Waals surface area contributed by atoms with Gasteiger partial charge in [-0.15, -0.1) is 0 Å². The summed E-state index contributed by atoms with van der Waals surface area (Å²) in [7, 11) is 0. The van der Waals surface area contributed by atoms with Gasteiger partial charge in [-0.1, -0.05) is 19.9 Å². The van der Waals surface area contributed by atoms with Gasteiger partial charge in [0.2, 0.25) is 18.1 Å². The van der Waals surface area contributed by atoms with E-state index in [2.05, 4.69) is 15.6 Å². The van der Waals surface area contributed by atoms with E-state index in [1.807, 2.05) is 26.8 Å². The summed E-state index contributed by atoms with van der Waals surface area (Å²) >= 11 is 0. The Kier molecular flexibility index (Phi) is 6.30. The molecule has 2 N–H and O–H groups in total. The first kappa shape index (κ1) is 22.3. The van der Waals surface area contributed by atoms with E-state index in [1.165, 1.54) is 6.20 Å². The third-order valence-electron chi connectivity index (χ3n) is 5.57. The van der Waals surface area contributed by atoms with Crippen molar-refractivity contribution in [1.29, 1.82) is 0 Å². The maximum Gasteiger partial charge on any atom is 0.257 e. The number of fused-ring (bicyclic) bond motifs is 2. The molecular formula is C24H26N4O5. The lowest BCUT2D eigenvalue weighted by Crippen LogP contribution is -2.50. The van der Waals surface area contributed by atoms with Gasteiger partial charge in [-0.2, -0.15) is 0 Å². The Hall–Kier alpha value is -3.88. The van der Waals surface area contributed by atoms with E-state index < -0.39 is 17.4 Å². The number of nitrogens with zero attached hydrogens (tertiary/aromatic N) is 2. The third kappa shape index (κ3) is 4.52. The second-order valence-electron chi connectivity index (χ2n) is 8.11. The average molecular weight is 450 g/mol. The highest BCUT2D eigenvalue weighted by molar-refractivity contribution is 6.00. The lowest BCUT2D eigenvalue weighted by atomic mass is 10.0. The first-order valence-electron chi connectivity index (χ1n) is 10.8. The summed E-state index contributed by atoms with van der Waals surface area (Å²) in [5.41, 5.74) is 0.892. The molecule has 2 aromatic heterocycles. The van der Waals surface area contributed by atoms with Gasteiger partial charge >= 0.3 is 0 Å². The number of aryl methyl sites for hydroxylation is 1. The summed E-state index contributed by atoms with van der Waals surface area (Å²) in [5.74, 6) is -0.114. The largest absolute Gasteiger partial charge is 0.454 e. The van der Waals surface area contributed by atoms with Crippen LogP contribution in [0.3, 0.4) is 0 Å². The van der Waals surface area contributed by atoms with Crippen molar-refractivity contribution in [3.05, 3.63) is 64.2 Å². The number of hydrogen-bond acceptors (Lipinski definition) is 6. The smallest absolute Gasteiger partial charge is 0.257 e. The minimum absolute atomic E-state index is 0.0357. The molecular weight excluding hydrogens is 424 g/mol. The number of nitrogens with one attached hydrogen (secondary N) is 2. The predicted octanol–water partition coefficient (Wildman–Crippen LogP) is 2.22. The van der Waals surface area contributed by atoms with Crippen molar-refractivity contribution < 1.29 is 19.1 Å². The van der Waals surface area contributed by atoms with E-state index in [0.29, 0.717) is 34.6 Å². The van der Waals surface area contributed by atoms with Gasteiger partial charge in [0.25, 0.3) is 5.91 Å². The fourth-order valence-electron chi connectivity index (χ4n) is 3.75. The van der Waals surface area contributed by atoms with Crippen molar-refractivity contribution in [2.45, 2.75) is 39.9 Å². The highest BCUT2D eigenvalue weighted by atomic mass is 16.7. The summed E-state index contributed by atoms with van der Waals surface area (Å²) in [6.45, 7) is 6.44. The van der Waals surface area contributed by atoms with Gasteiger partial charge in [0.05, 0.1) is 23.1 Å². The van der Waals surface area contributed by atoms with Crippen LogP contribution in [0.4, 0.5) is 0 Å². The summed E-state index contributed by atoms with van der Waals surface area (Å²) in [4.78, 5) is 43.3. The van der Waals surface area contributed by atoms with Crippen LogP contribution in [0.2, 0.25) is 0 Å². The Bertz CT molecular complexity index is 1250. The second-order valence-corrected chi connectivity index (χ2v) is 8.11. The Balaban J connectivity index is 1.60. The molecule has 2 amide bonds. The zero-order chi connectivity index (χ0) is 23.5. The molecule has 0 saturated carbocycles. The first-order valence-corrected chi connectivity index (χ1v) is 10.8. The number of benzene rings is 1. The number of aromatic nitrogens is 2. The fourth-order valence-corrected chi connectivity index (χ4v) is 3.75. The molecule has 172 valence electrons. The summed E-state index contributed by atoms with van der Waals surface area (Å²) < 4.78 is 12.6. The molecule has 0 fully saturated rings. The van der Waals surface area contributed by atoms with Gasteiger partial charge in [0.15, 0.2) is 11.5 Å². The molecule has 1 aliphatic rings. The molecule has 0 spiro atoms. The Morgan fingerprint density at radius 2 is 1.94 bits per heavy atom. The number of carbonyl (C=O) groups excluding carboxylic acids is 2. The van der Waals surface area contributed by atoms with Gasteiger partial charge in [0, 0.05) is 25.0 Å². The summed E-state index contributed by atoms with van der Waals surface area (Å²) in [6.07, 6.45) is 3.17. The van der Waals surface area contributed by atoms with Crippen LogP contribution >= 0.6 is 0 Å². The number of pyridine rings is 2. The standard InChI is InChI=1S/C24H26N4O5/c1-4-28-12-17(22(29)16-9-19-20(10-18(16)28)33-13-32-19)23(30)27-21(14(2)3)24(31)26-11-15-7-5-6-8-25-15/h5-10,12,14,21H,4,11,13H2,1-3H3,(H,26,31)(H,27,30)/t21-/m1/s1. The van der Waals surface area contributed by atoms with Gasteiger partial charge < -0.3 is 24.7 Å². The maximum absolute atomic E-state index is 13.2. The second kappa shape index (κ2) is 9.32. The molecule has 1 atom stereocenters. The first-order chi connectivity index (χ1) is 15.9. The van der Waals surface area contributed by atoms with Crippen LogP contribution in [-0.2, 0) is 17.9 Å². The lowest BCUT2D eigenvalue weighted by molar-refractivity contribution is -0.124. The van der Waals surface area contributed by atoms with E-state index in [9.17, 15) is 14.4 Å². The van der Waals surface area contributed by atoms with Crippen LogP contribution in [-0.4, -0.2) is 34.2 Å². The van der Waals surface area contributed by atoms with E-state index in [-0.39, 0.29) is 30.7 Å². The normalized spacial score (nSPS) is 13.2. The van der Waals surface area contributed by atoms with Crippen LogP contribution in [0.15, 0.2) is 47.5 Å². The molecule has 9 heteroatoms. The Labute approximate surface area is 190 Å². The van der Waals surface area contributed by atoms with Crippen LogP contribution in [0.5, 0.6) is 11.5 Å². The van der Waals surface area contributed by atoms with Crippen LogP contribution in [0, 0.1) is 5.92 Å². The molecule has 0 radical (unpaired) electrons. The average Bonchev–Trinajstić information content (AvgIpc) is 3.28. The topological polar surface area (TPSA) is 112 Å². The van der Waals surface area contributed by atoms with E-state index in [0.717, 1.165) is 0 Å². The Morgan fingerprint density at radius 3 is 2.61 bits per heavy atom. The third-order valence-corrected chi connectivity index (χ3v) is 5.57. The minimum atomic E-state index is -0.817. The number of ether oxygens (including phenoxy) is 2. The van der Waals surface area contributed by atoms with Crippen LogP contribution in [0.1, 0.15) is 36.8 Å². The van der Waals surface area contributed by atoms with Gasteiger partial charge in [-0.3, -0.25) is 19.4 Å². The number of rotatable bonds is 7. The number of amides is 2. The van der Waals surface area contributed by atoms with Crippen molar-refractivity contribution in [1.82, 2.24) is 20.2 Å². The summed E-state index contributed by atoms with van der Waals surface area (Å²) in [6, 6.07) is 7.96. The molecule has 4 rings (SSSR count). The van der Waals surface area contributed by atoms with Gasteiger partial charge in [-0.05, 0) is 31.0 Å². The minimum Gasteiger partial charge on any atom is -0.454 e. The molecule has 0 saturated heterocycles.